The number of hydrogen-bond donors (Lipinski definition) is 2. The number of primary amides is 1. The van der Waals surface area contributed by atoms with Crippen LogP contribution in [0, 0.1) is 0 Å². The second kappa shape index (κ2) is 5.64. The van der Waals surface area contributed by atoms with E-state index in [1.165, 1.54) is 6.26 Å². The van der Waals surface area contributed by atoms with Gasteiger partial charge in [-0.05, 0) is 19.1 Å². The van der Waals surface area contributed by atoms with E-state index in [2.05, 4.69) is 5.32 Å². The highest BCUT2D eigenvalue weighted by Gasteiger charge is 2.15. The van der Waals surface area contributed by atoms with Gasteiger partial charge in [-0.15, -0.1) is 0 Å². The van der Waals surface area contributed by atoms with Crippen molar-refractivity contribution in [3.63, 3.8) is 0 Å². The number of furan rings is 1. The zero-order valence-corrected chi connectivity index (χ0v) is 11.3. The molecule has 1 atom stereocenters. The average Bonchev–Trinajstić information content (AvgIpc) is 2.80. The van der Waals surface area contributed by atoms with Crippen molar-refractivity contribution in [2.45, 2.75) is 19.4 Å². The highest BCUT2D eigenvalue weighted by atomic mass is 16.5. The first-order valence-corrected chi connectivity index (χ1v) is 6.14. The van der Waals surface area contributed by atoms with Crippen molar-refractivity contribution in [2.75, 3.05) is 7.11 Å². The fraction of sp³-hybridized carbons (Fsp3) is 0.286. The Kier molecular flexibility index (Phi) is 3.93. The molecule has 1 unspecified atom stereocenters. The Morgan fingerprint density at radius 1 is 1.45 bits per heavy atom. The predicted octanol–water partition coefficient (Wildman–Crippen LogP) is 0.974. The lowest BCUT2D eigenvalue weighted by atomic mass is 10.1. The number of fused-ring (bicyclic) bond motifs is 1. The van der Waals surface area contributed by atoms with Gasteiger partial charge in [0.2, 0.25) is 11.8 Å². The number of ether oxygens (including phenoxy) is 1. The van der Waals surface area contributed by atoms with Crippen molar-refractivity contribution < 1.29 is 18.7 Å². The smallest absolute Gasteiger partial charge is 0.239 e. The third-order valence-corrected chi connectivity index (χ3v) is 3.02. The van der Waals surface area contributed by atoms with Crippen LogP contribution < -0.4 is 15.8 Å². The van der Waals surface area contributed by atoms with Crippen LogP contribution >= 0.6 is 0 Å². The number of carbonyl (C=O) groups is 2. The number of carbonyl (C=O) groups excluding carboxylic acids is 2. The Morgan fingerprint density at radius 2 is 2.20 bits per heavy atom. The highest BCUT2D eigenvalue weighted by Crippen LogP contribution is 2.25. The number of rotatable bonds is 5. The van der Waals surface area contributed by atoms with Crippen molar-refractivity contribution in [3.8, 4) is 5.75 Å². The van der Waals surface area contributed by atoms with E-state index in [1.807, 2.05) is 6.07 Å². The molecule has 20 heavy (non-hydrogen) atoms. The van der Waals surface area contributed by atoms with E-state index in [0.29, 0.717) is 11.3 Å². The minimum absolute atomic E-state index is 0.122. The zero-order valence-electron chi connectivity index (χ0n) is 11.3. The molecule has 1 aromatic heterocycles. The van der Waals surface area contributed by atoms with E-state index in [9.17, 15) is 9.59 Å². The van der Waals surface area contributed by atoms with Gasteiger partial charge in [0.1, 0.15) is 17.4 Å². The van der Waals surface area contributed by atoms with Crippen LogP contribution in [0.2, 0.25) is 0 Å². The molecular formula is C14H16N2O4. The molecule has 0 saturated heterocycles. The normalized spacial score (nSPS) is 12.1. The first-order valence-electron chi connectivity index (χ1n) is 6.14. The minimum atomic E-state index is -0.694. The van der Waals surface area contributed by atoms with E-state index in [0.717, 1.165) is 10.9 Å². The minimum Gasteiger partial charge on any atom is -0.497 e. The van der Waals surface area contributed by atoms with Gasteiger partial charge in [-0.2, -0.15) is 0 Å². The molecule has 0 bridgehead atoms. The van der Waals surface area contributed by atoms with Gasteiger partial charge >= 0.3 is 0 Å². The SMILES string of the molecule is COc1ccc2c(CC(=O)NC(C)C(N)=O)coc2c1. The molecule has 0 aliphatic heterocycles. The monoisotopic (exact) mass is 276 g/mol. The summed E-state index contributed by atoms with van der Waals surface area (Å²) in [4.78, 5) is 22.7. The Hall–Kier alpha value is -2.50. The van der Waals surface area contributed by atoms with Crippen LogP contribution in [-0.4, -0.2) is 25.0 Å². The van der Waals surface area contributed by atoms with E-state index in [4.69, 9.17) is 14.9 Å². The quantitative estimate of drug-likeness (QED) is 0.850. The number of hydrogen-bond acceptors (Lipinski definition) is 4. The number of nitrogens with one attached hydrogen (secondary N) is 1. The Labute approximate surface area is 115 Å². The molecule has 3 N–H and O–H groups in total. The van der Waals surface area contributed by atoms with Crippen molar-refractivity contribution in [1.82, 2.24) is 5.32 Å². The number of amides is 2. The molecule has 106 valence electrons. The lowest BCUT2D eigenvalue weighted by Gasteiger charge is -2.09. The molecular weight excluding hydrogens is 260 g/mol. The predicted molar refractivity (Wildman–Crippen MR) is 73.3 cm³/mol. The van der Waals surface area contributed by atoms with Crippen LogP contribution in [0.15, 0.2) is 28.9 Å². The maximum atomic E-state index is 11.8. The van der Waals surface area contributed by atoms with E-state index >= 15 is 0 Å². The van der Waals surface area contributed by atoms with Crippen molar-refractivity contribution in [3.05, 3.63) is 30.0 Å². The summed E-state index contributed by atoms with van der Waals surface area (Å²) in [5.41, 5.74) is 6.49. The Bertz CT molecular complexity index is 648. The zero-order chi connectivity index (χ0) is 14.7. The fourth-order valence-electron chi connectivity index (χ4n) is 1.86. The first-order chi connectivity index (χ1) is 9.51. The van der Waals surface area contributed by atoms with Gasteiger partial charge < -0.3 is 20.2 Å². The molecule has 0 aliphatic carbocycles. The third kappa shape index (κ3) is 2.90. The Morgan fingerprint density at radius 3 is 2.85 bits per heavy atom. The first kappa shape index (κ1) is 13.9. The molecule has 0 fully saturated rings. The number of nitrogens with two attached hydrogens (primary N) is 1. The fourth-order valence-corrected chi connectivity index (χ4v) is 1.86. The summed E-state index contributed by atoms with van der Waals surface area (Å²) in [7, 11) is 1.57. The van der Waals surface area contributed by atoms with Crippen LogP contribution in [-0.2, 0) is 16.0 Å². The number of benzene rings is 1. The second-order valence-electron chi connectivity index (χ2n) is 4.49. The van der Waals surface area contributed by atoms with E-state index in [1.54, 1.807) is 26.2 Å². The summed E-state index contributed by atoms with van der Waals surface area (Å²) in [6.45, 7) is 1.54. The lowest BCUT2D eigenvalue weighted by molar-refractivity contribution is -0.126. The van der Waals surface area contributed by atoms with Crippen LogP contribution in [0.1, 0.15) is 12.5 Å². The third-order valence-electron chi connectivity index (χ3n) is 3.02. The largest absolute Gasteiger partial charge is 0.497 e. The lowest BCUT2D eigenvalue weighted by Crippen LogP contribution is -2.42. The van der Waals surface area contributed by atoms with Crippen LogP contribution in [0.4, 0.5) is 0 Å². The van der Waals surface area contributed by atoms with Gasteiger partial charge in [-0.25, -0.2) is 0 Å². The summed E-state index contributed by atoms with van der Waals surface area (Å²) >= 11 is 0. The molecule has 6 nitrogen and oxygen atoms in total. The molecule has 0 spiro atoms. The molecule has 0 saturated carbocycles. The molecule has 2 amide bonds. The average molecular weight is 276 g/mol. The molecule has 0 radical (unpaired) electrons. The van der Waals surface area contributed by atoms with Gasteiger partial charge in [-0.3, -0.25) is 9.59 Å². The van der Waals surface area contributed by atoms with Crippen molar-refractivity contribution in [1.29, 1.82) is 0 Å². The maximum Gasteiger partial charge on any atom is 0.239 e. The van der Waals surface area contributed by atoms with Crippen molar-refractivity contribution >= 4 is 22.8 Å². The summed E-state index contributed by atoms with van der Waals surface area (Å²) < 4.78 is 10.5. The maximum absolute atomic E-state index is 11.8. The van der Waals surface area contributed by atoms with Gasteiger partial charge in [-0.1, -0.05) is 0 Å². The summed E-state index contributed by atoms with van der Waals surface area (Å²) in [5.74, 6) is -0.167. The standard InChI is InChI=1S/C14H16N2O4/c1-8(14(15)18)16-13(17)5-9-7-20-12-6-10(19-2)3-4-11(9)12/h3-4,6-8H,5H2,1-2H3,(H2,15,18)(H,16,17). The molecule has 1 heterocycles. The summed E-state index contributed by atoms with van der Waals surface area (Å²) in [6.07, 6.45) is 1.65. The van der Waals surface area contributed by atoms with E-state index in [-0.39, 0.29) is 12.3 Å². The molecule has 6 heteroatoms. The summed E-state index contributed by atoms with van der Waals surface area (Å²) in [5, 5.41) is 3.37. The van der Waals surface area contributed by atoms with Crippen LogP contribution in [0.3, 0.4) is 0 Å². The second-order valence-corrected chi connectivity index (χ2v) is 4.49. The van der Waals surface area contributed by atoms with Crippen LogP contribution in [0.25, 0.3) is 11.0 Å². The van der Waals surface area contributed by atoms with Crippen LogP contribution in [0.5, 0.6) is 5.75 Å². The van der Waals surface area contributed by atoms with Gasteiger partial charge in [0.15, 0.2) is 0 Å². The van der Waals surface area contributed by atoms with E-state index < -0.39 is 11.9 Å². The van der Waals surface area contributed by atoms with Crippen molar-refractivity contribution in [2.24, 2.45) is 5.73 Å². The molecule has 1 aromatic carbocycles. The molecule has 0 aliphatic rings. The molecule has 2 rings (SSSR count). The van der Waals surface area contributed by atoms with Gasteiger partial charge in [0.25, 0.3) is 0 Å². The molecule has 2 aromatic rings. The summed E-state index contributed by atoms with van der Waals surface area (Å²) in [6, 6.07) is 4.69. The van der Waals surface area contributed by atoms with Gasteiger partial charge in [0, 0.05) is 17.0 Å². The topological polar surface area (TPSA) is 94.6 Å². The highest BCUT2D eigenvalue weighted by molar-refractivity contribution is 5.90. The van der Waals surface area contributed by atoms with Gasteiger partial charge in [0.05, 0.1) is 19.8 Å². The Balaban J connectivity index is 2.14. The number of methoxy groups -OCH3 is 1.